The number of anilines is 1. The minimum Gasteiger partial charge on any atom is -0.388 e. The molecule has 1 aromatic rings. The highest BCUT2D eigenvalue weighted by Crippen LogP contribution is 2.26. The number of aromatic nitrogens is 1. The highest BCUT2D eigenvalue weighted by molar-refractivity contribution is 5.99. The van der Waals surface area contributed by atoms with Gasteiger partial charge in [-0.15, -0.1) is 0 Å². The molecule has 1 aliphatic rings. The number of piperidine rings is 1. The molecule has 92 valence electrons. The van der Waals surface area contributed by atoms with E-state index in [1.165, 1.54) is 0 Å². The van der Waals surface area contributed by atoms with E-state index in [1.807, 2.05) is 11.8 Å². The van der Waals surface area contributed by atoms with E-state index < -0.39 is 5.60 Å². The summed E-state index contributed by atoms with van der Waals surface area (Å²) in [5.41, 5.74) is 5.48. The minimum absolute atomic E-state index is 0.0123. The quantitative estimate of drug-likeness (QED) is 0.520. The van der Waals surface area contributed by atoms with Gasteiger partial charge in [-0.3, -0.25) is 5.41 Å². The molecule has 5 nitrogen and oxygen atoms in total. The van der Waals surface area contributed by atoms with E-state index in [2.05, 4.69) is 4.98 Å². The van der Waals surface area contributed by atoms with Gasteiger partial charge in [0.1, 0.15) is 11.7 Å². The van der Waals surface area contributed by atoms with Crippen LogP contribution in [0, 0.1) is 5.41 Å². The first-order valence-corrected chi connectivity index (χ1v) is 5.76. The summed E-state index contributed by atoms with van der Waals surface area (Å²) < 4.78 is 0. The van der Waals surface area contributed by atoms with E-state index >= 15 is 0 Å². The molecular formula is C12H18N4O. The van der Waals surface area contributed by atoms with Crippen molar-refractivity contribution in [2.24, 2.45) is 5.73 Å². The number of hydrogen-bond acceptors (Lipinski definition) is 4. The molecule has 0 radical (unpaired) electrons. The second-order valence-electron chi connectivity index (χ2n) is 4.81. The van der Waals surface area contributed by atoms with Crippen molar-refractivity contribution in [2.45, 2.75) is 25.4 Å². The van der Waals surface area contributed by atoms with Crippen LogP contribution in [0.25, 0.3) is 0 Å². The van der Waals surface area contributed by atoms with E-state index in [4.69, 9.17) is 11.1 Å². The number of β-amino-alcohol motifs (C(OH)–C–C–N with tert-alkyl or cyclic N) is 1. The number of aliphatic hydroxyl groups is 1. The van der Waals surface area contributed by atoms with Gasteiger partial charge in [-0.05, 0) is 31.9 Å². The average Bonchev–Trinajstić information content (AvgIpc) is 2.27. The third-order valence-corrected chi connectivity index (χ3v) is 3.05. The predicted molar refractivity (Wildman–Crippen MR) is 67.3 cm³/mol. The maximum Gasteiger partial charge on any atom is 0.139 e. The molecule has 2 rings (SSSR count). The molecule has 0 aliphatic carbocycles. The van der Waals surface area contributed by atoms with Gasteiger partial charge in [0.15, 0.2) is 0 Å². The van der Waals surface area contributed by atoms with Gasteiger partial charge in [-0.1, -0.05) is 0 Å². The van der Waals surface area contributed by atoms with Crippen LogP contribution in [0.4, 0.5) is 5.82 Å². The predicted octanol–water partition coefficient (Wildman–Crippen LogP) is 0.717. The Balaban J connectivity index is 2.30. The first-order valence-electron chi connectivity index (χ1n) is 5.76. The van der Waals surface area contributed by atoms with Gasteiger partial charge >= 0.3 is 0 Å². The summed E-state index contributed by atoms with van der Waals surface area (Å²) in [6.45, 7) is 3.20. The molecule has 0 saturated carbocycles. The third kappa shape index (κ3) is 2.55. The summed E-state index contributed by atoms with van der Waals surface area (Å²) in [6, 6.07) is 3.55. The molecule has 0 bridgehead atoms. The molecule has 1 fully saturated rings. The van der Waals surface area contributed by atoms with E-state index in [0.29, 0.717) is 17.9 Å². The molecule has 0 amide bonds. The van der Waals surface area contributed by atoms with Gasteiger partial charge in [-0.25, -0.2) is 4.98 Å². The average molecular weight is 234 g/mol. The number of pyridine rings is 1. The summed E-state index contributed by atoms with van der Waals surface area (Å²) >= 11 is 0. The molecule has 1 aromatic heterocycles. The van der Waals surface area contributed by atoms with Crippen LogP contribution in [0.15, 0.2) is 18.3 Å². The van der Waals surface area contributed by atoms with Crippen molar-refractivity contribution in [1.29, 1.82) is 5.41 Å². The fourth-order valence-corrected chi connectivity index (χ4v) is 2.26. The van der Waals surface area contributed by atoms with Crippen LogP contribution in [-0.4, -0.2) is 34.6 Å². The van der Waals surface area contributed by atoms with Gasteiger partial charge in [-0.2, -0.15) is 0 Å². The van der Waals surface area contributed by atoms with Gasteiger partial charge in [0.2, 0.25) is 0 Å². The van der Waals surface area contributed by atoms with Gasteiger partial charge in [0, 0.05) is 19.3 Å². The Morgan fingerprint density at radius 3 is 3.06 bits per heavy atom. The first kappa shape index (κ1) is 11.9. The summed E-state index contributed by atoms with van der Waals surface area (Å²) in [6.07, 6.45) is 3.40. The number of nitrogens with zero attached hydrogens (tertiary/aromatic N) is 2. The highest BCUT2D eigenvalue weighted by Gasteiger charge is 2.30. The Morgan fingerprint density at radius 2 is 2.41 bits per heavy atom. The molecule has 1 saturated heterocycles. The van der Waals surface area contributed by atoms with E-state index in [1.54, 1.807) is 18.3 Å². The highest BCUT2D eigenvalue weighted by atomic mass is 16.3. The zero-order chi connectivity index (χ0) is 12.5. The second kappa shape index (κ2) is 4.33. The number of nitrogens with two attached hydrogens (primary N) is 1. The van der Waals surface area contributed by atoms with Crippen molar-refractivity contribution in [3.8, 4) is 0 Å². The van der Waals surface area contributed by atoms with Crippen molar-refractivity contribution < 1.29 is 5.11 Å². The summed E-state index contributed by atoms with van der Waals surface area (Å²) in [4.78, 5) is 6.28. The SMILES string of the molecule is CC1(O)CCCN(c2ncccc2C(=N)N)C1. The first-order chi connectivity index (χ1) is 7.99. The molecule has 1 unspecified atom stereocenters. The van der Waals surface area contributed by atoms with Crippen molar-refractivity contribution in [3.63, 3.8) is 0 Å². The monoisotopic (exact) mass is 234 g/mol. The molecular weight excluding hydrogens is 216 g/mol. The zero-order valence-corrected chi connectivity index (χ0v) is 9.98. The molecule has 0 spiro atoms. The number of nitrogen functional groups attached to an aromatic ring is 1. The fourth-order valence-electron chi connectivity index (χ4n) is 2.26. The van der Waals surface area contributed by atoms with Crippen LogP contribution in [-0.2, 0) is 0 Å². The third-order valence-electron chi connectivity index (χ3n) is 3.05. The van der Waals surface area contributed by atoms with Gasteiger partial charge < -0.3 is 15.7 Å². The number of hydrogen-bond donors (Lipinski definition) is 3. The Labute approximate surface area is 101 Å². The Kier molecular flexibility index (Phi) is 3.02. The molecule has 5 heteroatoms. The summed E-state index contributed by atoms with van der Waals surface area (Å²) in [7, 11) is 0. The lowest BCUT2D eigenvalue weighted by Gasteiger charge is -2.38. The molecule has 1 atom stereocenters. The zero-order valence-electron chi connectivity index (χ0n) is 9.98. The maximum absolute atomic E-state index is 10.1. The van der Waals surface area contributed by atoms with Crippen LogP contribution < -0.4 is 10.6 Å². The van der Waals surface area contributed by atoms with Crippen molar-refractivity contribution in [2.75, 3.05) is 18.0 Å². The van der Waals surface area contributed by atoms with Crippen LogP contribution >= 0.6 is 0 Å². The maximum atomic E-state index is 10.1. The van der Waals surface area contributed by atoms with Gasteiger partial charge in [0.05, 0.1) is 11.2 Å². The Bertz CT molecular complexity index is 430. The lowest BCUT2D eigenvalue weighted by Crippen LogP contribution is -2.47. The van der Waals surface area contributed by atoms with Crippen molar-refractivity contribution in [1.82, 2.24) is 4.98 Å². The Morgan fingerprint density at radius 1 is 1.65 bits per heavy atom. The molecule has 4 N–H and O–H groups in total. The summed E-state index contributed by atoms with van der Waals surface area (Å²) in [5, 5.41) is 17.6. The molecule has 1 aliphatic heterocycles. The minimum atomic E-state index is -0.691. The smallest absolute Gasteiger partial charge is 0.139 e. The van der Waals surface area contributed by atoms with Crippen molar-refractivity contribution >= 4 is 11.7 Å². The molecule has 17 heavy (non-hydrogen) atoms. The van der Waals surface area contributed by atoms with E-state index in [-0.39, 0.29) is 5.84 Å². The second-order valence-corrected chi connectivity index (χ2v) is 4.81. The lowest BCUT2D eigenvalue weighted by atomic mass is 9.95. The largest absolute Gasteiger partial charge is 0.388 e. The molecule has 0 aromatic carbocycles. The van der Waals surface area contributed by atoms with E-state index in [9.17, 15) is 5.11 Å². The Hall–Kier alpha value is -1.62. The standard InChI is InChI=1S/C12H18N4O/c1-12(17)5-3-7-16(8-12)11-9(10(13)14)4-2-6-15-11/h2,4,6,17H,3,5,7-8H2,1H3,(H3,13,14). The normalized spacial score (nSPS) is 24.7. The fraction of sp³-hybridized carbons (Fsp3) is 0.500. The van der Waals surface area contributed by atoms with Crippen LogP contribution in [0.5, 0.6) is 0 Å². The molecule has 2 heterocycles. The van der Waals surface area contributed by atoms with Crippen molar-refractivity contribution in [3.05, 3.63) is 23.9 Å². The lowest BCUT2D eigenvalue weighted by molar-refractivity contribution is 0.0447. The topological polar surface area (TPSA) is 86.2 Å². The van der Waals surface area contributed by atoms with Gasteiger partial charge in [0.25, 0.3) is 0 Å². The number of rotatable bonds is 2. The number of amidine groups is 1. The number of nitrogens with one attached hydrogen (secondary N) is 1. The van der Waals surface area contributed by atoms with Crippen LogP contribution in [0.2, 0.25) is 0 Å². The van der Waals surface area contributed by atoms with Crippen LogP contribution in [0.3, 0.4) is 0 Å². The summed E-state index contributed by atoms with van der Waals surface area (Å²) in [5.74, 6) is 0.707. The van der Waals surface area contributed by atoms with E-state index in [0.717, 1.165) is 19.4 Å². The van der Waals surface area contributed by atoms with Crippen LogP contribution in [0.1, 0.15) is 25.3 Å².